The van der Waals surface area contributed by atoms with E-state index in [1.165, 1.54) is 0 Å². The van der Waals surface area contributed by atoms with E-state index in [0.29, 0.717) is 17.9 Å². The number of aromatic nitrogens is 4. The average molecular weight is 547 g/mol. The van der Waals surface area contributed by atoms with E-state index in [4.69, 9.17) is 24.2 Å². The summed E-state index contributed by atoms with van der Waals surface area (Å²) in [6, 6.07) is 8.24. The number of aryl methyl sites for hydroxylation is 2. The largest absolute Gasteiger partial charge is 0.466 e. The molecule has 0 saturated carbocycles. The lowest BCUT2D eigenvalue weighted by Gasteiger charge is -2.30. The summed E-state index contributed by atoms with van der Waals surface area (Å²) < 4.78 is 18.6. The zero-order valence-corrected chi connectivity index (χ0v) is 24.6. The summed E-state index contributed by atoms with van der Waals surface area (Å²) in [4.78, 5) is 26.3. The maximum absolute atomic E-state index is 12.7. The number of hydrogen-bond acceptors (Lipinski definition) is 8. The second kappa shape index (κ2) is 10.6. The molecule has 1 aliphatic rings. The van der Waals surface area contributed by atoms with Crippen LogP contribution in [0.25, 0.3) is 33.2 Å². The van der Waals surface area contributed by atoms with Gasteiger partial charge in [0.1, 0.15) is 11.4 Å². The zero-order valence-electron chi connectivity index (χ0n) is 24.6. The van der Waals surface area contributed by atoms with Crippen LogP contribution < -0.4 is 9.64 Å². The molecule has 0 N–H and O–H groups in total. The van der Waals surface area contributed by atoms with Crippen LogP contribution >= 0.6 is 0 Å². The van der Waals surface area contributed by atoms with Gasteiger partial charge in [-0.05, 0) is 57.9 Å². The molecule has 4 heterocycles. The number of methoxy groups -OCH3 is 1. The Kier molecular flexibility index (Phi) is 7.31. The summed E-state index contributed by atoms with van der Waals surface area (Å²) in [7, 11) is 5.32. The van der Waals surface area contributed by atoms with Crippen LogP contribution in [0, 0.1) is 12.8 Å². The number of carbonyl (C=O) groups excluding carboxylic acids is 1. The van der Waals surface area contributed by atoms with Crippen molar-refractivity contribution in [1.82, 2.24) is 24.6 Å². The van der Waals surface area contributed by atoms with Gasteiger partial charge in [-0.2, -0.15) is 5.10 Å². The second-order valence-corrected chi connectivity index (χ2v) is 11.6. The van der Waals surface area contributed by atoms with E-state index in [-0.39, 0.29) is 24.8 Å². The highest BCUT2D eigenvalue weighted by Crippen LogP contribution is 2.38. The Bertz CT molecular complexity index is 1560. The maximum atomic E-state index is 12.7. The molecule has 0 bridgehead atoms. The lowest BCUT2D eigenvalue weighted by Crippen LogP contribution is -2.44. The van der Waals surface area contributed by atoms with Crippen molar-refractivity contribution in [1.29, 1.82) is 0 Å². The van der Waals surface area contributed by atoms with E-state index in [1.807, 2.05) is 66.3 Å². The van der Waals surface area contributed by atoms with Crippen LogP contribution in [-0.2, 0) is 16.5 Å². The summed E-state index contributed by atoms with van der Waals surface area (Å²) in [5.41, 5.74) is 4.58. The van der Waals surface area contributed by atoms with Crippen LogP contribution in [0.3, 0.4) is 0 Å². The molecule has 212 valence electrons. The van der Waals surface area contributed by atoms with E-state index in [9.17, 15) is 4.79 Å². The van der Waals surface area contributed by atoms with Gasteiger partial charge in [0, 0.05) is 62.4 Å². The third kappa shape index (κ3) is 5.40. The average Bonchev–Trinajstić information content (AvgIpc) is 3.48. The zero-order chi connectivity index (χ0) is 28.8. The fourth-order valence-electron chi connectivity index (χ4n) is 5.38. The molecule has 2 atom stereocenters. The molecule has 10 nitrogen and oxygen atoms in total. The van der Waals surface area contributed by atoms with E-state index in [1.54, 1.807) is 16.7 Å². The maximum Gasteiger partial charge on any atom is 0.410 e. The van der Waals surface area contributed by atoms with E-state index in [0.717, 1.165) is 45.3 Å². The van der Waals surface area contributed by atoms with Crippen molar-refractivity contribution in [3.05, 3.63) is 42.2 Å². The first-order chi connectivity index (χ1) is 18.9. The van der Waals surface area contributed by atoms with Gasteiger partial charge >= 0.3 is 6.09 Å². The van der Waals surface area contributed by atoms with Gasteiger partial charge in [0.05, 0.1) is 29.1 Å². The van der Waals surface area contributed by atoms with Crippen LogP contribution in [0.2, 0.25) is 0 Å². The normalized spacial score (nSPS) is 17.6. The number of anilines is 1. The van der Waals surface area contributed by atoms with Crippen molar-refractivity contribution in [2.75, 3.05) is 38.9 Å². The molecule has 1 saturated heterocycles. The molecule has 3 aromatic heterocycles. The van der Waals surface area contributed by atoms with Crippen LogP contribution in [0.15, 0.2) is 36.7 Å². The predicted molar refractivity (Wildman–Crippen MR) is 156 cm³/mol. The summed E-state index contributed by atoms with van der Waals surface area (Å²) in [6.45, 7) is 11.5. The Morgan fingerprint density at radius 2 is 1.95 bits per heavy atom. The van der Waals surface area contributed by atoms with E-state index >= 15 is 0 Å². The molecule has 0 aliphatic carbocycles. The van der Waals surface area contributed by atoms with Gasteiger partial charge in [-0.3, -0.25) is 4.68 Å². The van der Waals surface area contributed by atoms with Gasteiger partial charge in [0.15, 0.2) is 12.4 Å². The molecule has 1 aromatic carbocycles. The molecule has 40 heavy (non-hydrogen) atoms. The second-order valence-electron chi connectivity index (χ2n) is 11.6. The van der Waals surface area contributed by atoms with Crippen LogP contribution in [-0.4, -0.2) is 76.4 Å². The minimum absolute atomic E-state index is 0.0437. The lowest BCUT2D eigenvalue weighted by molar-refractivity contribution is 0.0208. The molecular weight excluding hydrogens is 508 g/mol. The first kappa shape index (κ1) is 27.6. The minimum Gasteiger partial charge on any atom is -0.466 e. The summed E-state index contributed by atoms with van der Waals surface area (Å²) in [6.07, 6.45) is 3.55. The summed E-state index contributed by atoms with van der Waals surface area (Å²) >= 11 is 0. The Hall–Kier alpha value is -3.92. The Morgan fingerprint density at radius 1 is 1.18 bits per heavy atom. The van der Waals surface area contributed by atoms with Gasteiger partial charge in [-0.25, -0.2) is 14.8 Å². The Labute approximate surface area is 234 Å². The monoisotopic (exact) mass is 546 g/mol. The van der Waals surface area contributed by atoms with Crippen molar-refractivity contribution in [2.24, 2.45) is 13.0 Å². The summed E-state index contributed by atoms with van der Waals surface area (Å²) in [5.74, 6) is 0.979. The predicted octanol–water partition coefficient (Wildman–Crippen LogP) is 5.17. The SMILES string of the molecule is COCOc1c(-c2ccc3cc(N4C[C@@H](C)[C@@H](N(C)C(=O)OC(C)(C)C)C4)cnc3n2)cc2cn(C)nc2c1C. The number of ether oxygens (including phenoxy) is 3. The third-order valence-corrected chi connectivity index (χ3v) is 7.34. The van der Waals surface area contributed by atoms with Crippen molar-refractivity contribution < 1.29 is 19.0 Å². The number of rotatable bonds is 6. The highest BCUT2D eigenvalue weighted by Gasteiger charge is 2.36. The number of amides is 1. The first-order valence-electron chi connectivity index (χ1n) is 13.5. The number of benzene rings is 1. The van der Waals surface area contributed by atoms with Gasteiger partial charge < -0.3 is 24.0 Å². The fourth-order valence-corrected chi connectivity index (χ4v) is 5.38. The Morgan fingerprint density at radius 3 is 2.67 bits per heavy atom. The molecule has 0 spiro atoms. The van der Waals surface area contributed by atoms with E-state index in [2.05, 4.69) is 29.1 Å². The molecule has 0 radical (unpaired) electrons. The highest BCUT2D eigenvalue weighted by molar-refractivity contribution is 5.92. The summed E-state index contributed by atoms with van der Waals surface area (Å²) in [5, 5.41) is 6.54. The van der Waals surface area contributed by atoms with Gasteiger partial charge in [-0.15, -0.1) is 0 Å². The molecule has 1 fully saturated rings. The third-order valence-electron chi connectivity index (χ3n) is 7.34. The topological polar surface area (TPSA) is 94.8 Å². The number of likely N-dealkylation sites (N-methyl/N-ethyl adjacent to an activating group) is 1. The lowest BCUT2D eigenvalue weighted by atomic mass is 10.0. The van der Waals surface area contributed by atoms with Crippen molar-refractivity contribution >= 4 is 33.7 Å². The minimum atomic E-state index is -0.528. The van der Waals surface area contributed by atoms with E-state index < -0.39 is 5.60 Å². The first-order valence-corrected chi connectivity index (χ1v) is 13.5. The molecule has 1 amide bonds. The van der Waals surface area contributed by atoms with Gasteiger partial charge in [0.2, 0.25) is 0 Å². The van der Waals surface area contributed by atoms with Crippen LogP contribution in [0.4, 0.5) is 10.5 Å². The van der Waals surface area contributed by atoms with Crippen molar-refractivity contribution in [2.45, 2.75) is 46.3 Å². The van der Waals surface area contributed by atoms with Gasteiger partial charge in [-0.1, -0.05) is 6.92 Å². The molecular formula is C30H38N6O4. The quantitative estimate of drug-likeness (QED) is 0.306. The van der Waals surface area contributed by atoms with Crippen LogP contribution in [0.1, 0.15) is 33.3 Å². The molecule has 5 rings (SSSR count). The van der Waals surface area contributed by atoms with Gasteiger partial charge in [0.25, 0.3) is 0 Å². The smallest absolute Gasteiger partial charge is 0.410 e. The number of nitrogens with zero attached hydrogens (tertiary/aromatic N) is 6. The molecule has 4 aromatic rings. The molecule has 0 unspecified atom stereocenters. The standard InChI is InChI=1S/C30H38N6O4/c1-18-14-36(16-25(18)35(7)29(37)40-30(3,4)5)22-11-20-9-10-24(32-28(20)31-13-22)23-12-21-15-34(6)33-26(21)19(2)27(23)39-17-38-8/h9-13,15,18,25H,14,16-17H2,1-8H3/t18-,25+/m1/s1. The Balaban J connectivity index is 1.42. The molecule has 10 heteroatoms. The fraction of sp³-hybridized carbons (Fsp3) is 0.467. The number of carbonyl (C=O) groups is 1. The highest BCUT2D eigenvalue weighted by atomic mass is 16.7. The molecule has 1 aliphatic heterocycles. The number of fused-ring (bicyclic) bond motifs is 2. The number of pyridine rings is 2. The van der Waals surface area contributed by atoms with Crippen LogP contribution in [0.5, 0.6) is 5.75 Å². The number of hydrogen-bond donors (Lipinski definition) is 0. The van der Waals surface area contributed by atoms with Crippen molar-refractivity contribution in [3.63, 3.8) is 0 Å². The van der Waals surface area contributed by atoms with Crippen molar-refractivity contribution in [3.8, 4) is 17.0 Å².